The van der Waals surface area contributed by atoms with Crippen LogP contribution in [0.5, 0.6) is 0 Å². The molecule has 16 heavy (non-hydrogen) atoms. The first-order valence-corrected chi connectivity index (χ1v) is 5.89. The quantitative estimate of drug-likeness (QED) is 0.621. The van der Waals surface area contributed by atoms with E-state index in [-0.39, 0.29) is 5.54 Å². The summed E-state index contributed by atoms with van der Waals surface area (Å²) in [5.41, 5.74) is 2.74. The van der Waals surface area contributed by atoms with Crippen molar-refractivity contribution in [2.45, 2.75) is 24.8 Å². The van der Waals surface area contributed by atoms with Crippen LogP contribution in [-0.4, -0.2) is 6.21 Å². The zero-order chi connectivity index (χ0) is 10.8. The van der Waals surface area contributed by atoms with Gasteiger partial charge in [-0.25, -0.2) is 0 Å². The summed E-state index contributed by atoms with van der Waals surface area (Å²) in [5, 5.41) is 0. The van der Waals surface area contributed by atoms with Crippen molar-refractivity contribution in [1.82, 2.24) is 0 Å². The number of allylic oxidation sites excluding steroid dienone is 3. The van der Waals surface area contributed by atoms with E-state index >= 15 is 0 Å². The van der Waals surface area contributed by atoms with Gasteiger partial charge < -0.3 is 0 Å². The number of rotatable bonds is 0. The highest BCUT2D eigenvalue weighted by Gasteiger charge is 2.33. The van der Waals surface area contributed by atoms with Gasteiger partial charge in [0.1, 0.15) is 5.54 Å². The van der Waals surface area contributed by atoms with Crippen LogP contribution in [0.3, 0.4) is 0 Å². The Labute approximate surface area is 96.2 Å². The Kier molecular flexibility index (Phi) is 2.24. The van der Waals surface area contributed by atoms with Gasteiger partial charge in [0.25, 0.3) is 0 Å². The van der Waals surface area contributed by atoms with E-state index in [1.54, 1.807) is 0 Å². The van der Waals surface area contributed by atoms with Gasteiger partial charge in [0.05, 0.1) is 0 Å². The summed E-state index contributed by atoms with van der Waals surface area (Å²) in [6.07, 6.45) is 13.9. The smallest absolute Gasteiger partial charge is 0.104 e. The van der Waals surface area contributed by atoms with Crippen LogP contribution in [0.15, 0.2) is 53.6 Å². The summed E-state index contributed by atoms with van der Waals surface area (Å²) >= 11 is 0. The third kappa shape index (κ3) is 1.44. The van der Waals surface area contributed by atoms with Gasteiger partial charge >= 0.3 is 0 Å². The summed E-state index contributed by atoms with van der Waals surface area (Å²) in [5.74, 6) is 0. The second-order valence-electron chi connectivity index (χ2n) is 4.46. The SMILES string of the molecule is C1=CC=NC2(C=C1)CCCc1ccccc12. The van der Waals surface area contributed by atoms with Crippen molar-refractivity contribution in [2.24, 2.45) is 4.99 Å². The summed E-state index contributed by atoms with van der Waals surface area (Å²) < 4.78 is 0. The van der Waals surface area contributed by atoms with Gasteiger partial charge in [-0.1, -0.05) is 42.5 Å². The Morgan fingerprint density at radius 3 is 3.00 bits per heavy atom. The molecule has 1 heteroatoms. The van der Waals surface area contributed by atoms with E-state index in [0.717, 1.165) is 6.42 Å². The first-order chi connectivity index (χ1) is 7.91. The van der Waals surface area contributed by atoms with Gasteiger partial charge in [-0.15, -0.1) is 0 Å². The monoisotopic (exact) mass is 209 g/mol. The minimum Gasteiger partial charge on any atom is -0.278 e. The van der Waals surface area contributed by atoms with Gasteiger partial charge in [0, 0.05) is 6.21 Å². The third-order valence-electron chi connectivity index (χ3n) is 3.47. The molecular formula is C15H15N. The minimum atomic E-state index is -0.0989. The van der Waals surface area contributed by atoms with Gasteiger partial charge in [-0.2, -0.15) is 0 Å². The highest BCUT2D eigenvalue weighted by Crippen LogP contribution is 2.40. The number of hydrogen-bond donors (Lipinski definition) is 0. The zero-order valence-corrected chi connectivity index (χ0v) is 9.26. The Morgan fingerprint density at radius 1 is 1.06 bits per heavy atom. The fourth-order valence-electron chi connectivity index (χ4n) is 2.70. The number of nitrogens with zero attached hydrogens (tertiary/aromatic N) is 1. The lowest BCUT2D eigenvalue weighted by atomic mass is 9.77. The third-order valence-corrected chi connectivity index (χ3v) is 3.47. The number of aryl methyl sites for hydroxylation is 1. The van der Waals surface area contributed by atoms with Gasteiger partial charge in [0.15, 0.2) is 0 Å². The van der Waals surface area contributed by atoms with Crippen molar-refractivity contribution in [1.29, 1.82) is 0 Å². The summed E-state index contributed by atoms with van der Waals surface area (Å²) in [4.78, 5) is 4.76. The predicted molar refractivity (Wildman–Crippen MR) is 67.8 cm³/mol. The molecule has 1 unspecified atom stereocenters. The second kappa shape index (κ2) is 3.75. The van der Waals surface area contributed by atoms with Crippen LogP contribution in [0.1, 0.15) is 24.0 Å². The maximum Gasteiger partial charge on any atom is 0.104 e. The lowest BCUT2D eigenvalue weighted by Crippen LogP contribution is -2.26. The summed E-state index contributed by atoms with van der Waals surface area (Å²) in [6, 6.07) is 8.70. The Hall–Kier alpha value is -1.63. The molecule has 1 aromatic rings. The fraction of sp³-hybridized carbons (Fsp3) is 0.267. The molecule has 0 N–H and O–H groups in total. The lowest BCUT2D eigenvalue weighted by molar-refractivity contribution is 0.463. The van der Waals surface area contributed by atoms with E-state index in [0.29, 0.717) is 0 Å². The van der Waals surface area contributed by atoms with E-state index < -0.39 is 0 Å². The molecule has 1 nitrogen and oxygen atoms in total. The normalized spacial score (nSPS) is 26.8. The fourth-order valence-corrected chi connectivity index (χ4v) is 2.70. The zero-order valence-electron chi connectivity index (χ0n) is 9.26. The molecule has 0 bridgehead atoms. The van der Waals surface area contributed by atoms with Crippen LogP contribution in [0, 0.1) is 0 Å². The average Bonchev–Trinajstić information content (AvgIpc) is 2.57. The minimum absolute atomic E-state index is 0.0989. The van der Waals surface area contributed by atoms with E-state index in [1.165, 1.54) is 24.0 Å². The highest BCUT2D eigenvalue weighted by atomic mass is 14.9. The van der Waals surface area contributed by atoms with Gasteiger partial charge in [0.2, 0.25) is 0 Å². The first-order valence-electron chi connectivity index (χ1n) is 5.89. The lowest BCUT2D eigenvalue weighted by Gasteiger charge is -2.33. The Bertz CT molecular complexity index is 464. The molecule has 1 heterocycles. The molecule has 1 spiro atoms. The molecule has 1 aromatic carbocycles. The molecule has 0 saturated carbocycles. The predicted octanol–water partition coefficient (Wildman–Crippen LogP) is 3.42. The van der Waals surface area contributed by atoms with E-state index in [4.69, 9.17) is 4.99 Å². The van der Waals surface area contributed by atoms with Crippen molar-refractivity contribution < 1.29 is 0 Å². The van der Waals surface area contributed by atoms with E-state index in [2.05, 4.69) is 42.5 Å². The molecule has 1 aliphatic carbocycles. The number of benzene rings is 1. The van der Waals surface area contributed by atoms with Crippen molar-refractivity contribution in [3.8, 4) is 0 Å². The van der Waals surface area contributed by atoms with Gasteiger partial charge in [-0.05, 0) is 36.5 Å². The molecule has 1 aliphatic heterocycles. The molecule has 3 rings (SSSR count). The van der Waals surface area contributed by atoms with Crippen molar-refractivity contribution >= 4 is 6.21 Å². The molecule has 0 radical (unpaired) electrons. The number of hydrogen-bond acceptors (Lipinski definition) is 1. The van der Waals surface area contributed by atoms with Crippen molar-refractivity contribution in [2.75, 3.05) is 0 Å². The van der Waals surface area contributed by atoms with E-state index in [1.807, 2.05) is 12.3 Å². The molecule has 80 valence electrons. The second-order valence-corrected chi connectivity index (χ2v) is 4.46. The van der Waals surface area contributed by atoms with Crippen LogP contribution < -0.4 is 0 Å². The van der Waals surface area contributed by atoms with Crippen LogP contribution in [-0.2, 0) is 12.0 Å². The van der Waals surface area contributed by atoms with Crippen LogP contribution in [0.2, 0.25) is 0 Å². The molecule has 0 fully saturated rings. The van der Waals surface area contributed by atoms with E-state index in [9.17, 15) is 0 Å². The number of fused-ring (bicyclic) bond motifs is 2. The summed E-state index contributed by atoms with van der Waals surface area (Å²) in [6.45, 7) is 0. The average molecular weight is 209 g/mol. The number of aliphatic imine (C=N–C) groups is 1. The highest BCUT2D eigenvalue weighted by molar-refractivity contribution is 5.73. The molecule has 2 aliphatic rings. The summed E-state index contributed by atoms with van der Waals surface area (Å²) in [7, 11) is 0. The van der Waals surface area contributed by atoms with Crippen LogP contribution in [0.4, 0.5) is 0 Å². The van der Waals surface area contributed by atoms with Crippen LogP contribution in [0.25, 0.3) is 0 Å². The molecule has 0 aromatic heterocycles. The Balaban J connectivity index is 2.16. The molecule has 1 atom stereocenters. The van der Waals surface area contributed by atoms with Crippen molar-refractivity contribution in [3.05, 3.63) is 59.7 Å². The maximum absolute atomic E-state index is 4.76. The molecule has 0 saturated heterocycles. The molecular weight excluding hydrogens is 194 g/mol. The van der Waals surface area contributed by atoms with Crippen molar-refractivity contribution in [3.63, 3.8) is 0 Å². The standard InChI is InChI=1S/C15H15N/c1-4-10-15(16-12-5-1)11-6-8-13-7-2-3-9-14(13)15/h1-5,7,9-10,12H,6,8,11H2. The Morgan fingerprint density at radius 2 is 2.00 bits per heavy atom. The molecule has 0 amide bonds. The largest absolute Gasteiger partial charge is 0.278 e. The van der Waals surface area contributed by atoms with Crippen LogP contribution >= 0.6 is 0 Å². The maximum atomic E-state index is 4.76. The topological polar surface area (TPSA) is 12.4 Å². The van der Waals surface area contributed by atoms with Gasteiger partial charge in [-0.3, -0.25) is 4.99 Å². The first kappa shape index (κ1) is 9.59.